The maximum atomic E-state index is 14.0. The van der Waals surface area contributed by atoms with Crippen LogP contribution >= 0.6 is 0 Å². The van der Waals surface area contributed by atoms with E-state index < -0.39 is 15.8 Å². The molecular formula is C28H37NO5S. The van der Waals surface area contributed by atoms with Crippen molar-refractivity contribution in [2.24, 2.45) is 5.41 Å². The van der Waals surface area contributed by atoms with E-state index in [1.54, 1.807) is 6.07 Å². The van der Waals surface area contributed by atoms with Gasteiger partial charge in [0.2, 0.25) is 0 Å². The summed E-state index contributed by atoms with van der Waals surface area (Å²) < 4.78 is 33.5. The number of hydrogen-bond acceptors (Lipinski definition) is 5. The van der Waals surface area contributed by atoms with E-state index in [4.69, 9.17) is 9.84 Å². The molecule has 0 aliphatic carbocycles. The van der Waals surface area contributed by atoms with Crippen LogP contribution in [0.5, 0.6) is 5.75 Å². The van der Waals surface area contributed by atoms with E-state index in [0.717, 1.165) is 62.1 Å². The van der Waals surface area contributed by atoms with E-state index in [9.17, 15) is 13.2 Å². The maximum Gasteiger partial charge on any atom is 0.331 e. The van der Waals surface area contributed by atoms with Crippen LogP contribution in [0.1, 0.15) is 64.9 Å². The molecule has 0 spiro atoms. The number of aliphatic carboxylic acids is 1. The number of carbonyl (C=O) groups is 1. The van der Waals surface area contributed by atoms with Crippen molar-refractivity contribution in [2.45, 2.75) is 70.6 Å². The van der Waals surface area contributed by atoms with Crippen molar-refractivity contribution in [3.05, 3.63) is 60.4 Å². The number of sulfone groups is 1. The smallest absolute Gasteiger partial charge is 0.331 e. The van der Waals surface area contributed by atoms with E-state index >= 15 is 0 Å². The predicted molar refractivity (Wildman–Crippen MR) is 140 cm³/mol. The zero-order valence-corrected chi connectivity index (χ0v) is 21.8. The fourth-order valence-corrected chi connectivity index (χ4v) is 7.04. The summed E-state index contributed by atoms with van der Waals surface area (Å²) in [6.45, 7) is 6.89. The molecule has 0 saturated carbocycles. The number of anilines is 2. The van der Waals surface area contributed by atoms with E-state index in [1.165, 1.54) is 0 Å². The van der Waals surface area contributed by atoms with Crippen LogP contribution in [0.2, 0.25) is 0 Å². The fourth-order valence-electron chi connectivity index (χ4n) is 4.92. The van der Waals surface area contributed by atoms with Gasteiger partial charge in [-0.1, -0.05) is 64.7 Å². The van der Waals surface area contributed by atoms with Gasteiger partial charge in [0.25, 0.3) is 0 Å². The van der Waals surface area contributed by atoms with Crippen LogP contribution in [-0.4, -0.2) is 31.8 Å². The molecule has 0 aromatic heterocycles. The van der Waals surface area contributed by atoms with Crippen LogP contribution in [0.4, 0.5) is 11.4 Å². The Hall–Kier alpha value is -2.80. The Morgan fingerprint density at radius 1 is 1.09 bits per heavy atom. The van der Waals surface area contributed by atoms with Crippen molar-refractivity contribution in [1.82, 2.24) is 0 Å². The van der Waals surface area contributed by atoms with Gasteiger partial charge in [-0.3, -0.25) is 0 Å². The Labute approximate surface area is 209 Å². The van der Waals surface area contributed by atoms with Crippen molar-refractivity contribution in [2.75, 3.05) is 17.2 Å². The largest absolute Gasteiger partial charge is 0.478 e. The SMILES string of the molecule is CCCCC1(CCCC)CN(c2ccccc2)c2cc(CC)c(O/C=C\C(=O)O)cc2S(=O)(=O)C1. The molecule has 0 fully saturated rings. The molecule has 0 atom stereocenters. The number of carboxylic acid groups (broad SMARTS) is 1. The van der Waals surface area contributed by atoms with Gasteiger partial charge in [0.15, 0.2) is 9.84 Å². The third-order valence-corrected chi connectivity index (χ3v) is 8.72. The highest BCUT2D eigenvalue weighted by Gasteiger charge is 2.42. The molecule has 2 aromatic rings. The van der Waals surface area contributed by atoms with Crippen molar-refractivity contribution >= 4 is 27.2 Å². The van der Waals surface area contributed by atoms with Crippen LogP contribution in [0, 0.1) is 5.41 Å². The summed E-state index contributed by atoms with van der Waals surface area (Å²) in [6, 6.07) is 13.5. The average molecular weight is 500 g/mol. The summed E-state index contributed by atoms with van der Waals surface area (Å²) in [6.07, 6.45) is 8.30. The summed E-state index contributed by atoms with van der Waals surface area (Å²) in [5, 5.41) is 8.92. The summed E-state index contributed by atoms with van der Waals surface area (Å²) >= 11 is 0. The number of para-hydroxylation sites is 1. The van der Waals surface area contributed by atoms with Crippen LogP contribution in [0.3, 0.4) is 0 Å². The second-order valence-corrected chi connectivity index (χ2v) is 11.4. The van der Waals surface area contributed by atoms with Gasteiger partial charge in [-0.2, -0.15) is 0 Å². The number of ether oxygens (including phenoxy) is 1. The van der Waals surface area contributed by atoms with Crippen LogP contribution in [0.15, 0.2) is 59.7 Å². The lowest BCUT2D eigenvalue weighted by Crippen LogP contribution is -2.38. The summed E-state index contributed by atoms with van der Waals surface area (Å²) in [5.74, 6) is -0.668. The molecule has 190 valence electrons. The number of nitrogens with zero attached hydrogens (tertiary/aromatic N) is 1. The summed E-state index contributed by atoms with van der Waals surface area (Å²) in [4.78, 5) is 13.3. The first-order chi connectivity index (χ1) is 16.7. The van der Waals surface area contributed by atoms with E-state index in [-0.39, 0.29) is 16.1 Å². The molecule has 0 amide bonds. The van der Waals surface area contributed by atoms with Crippen molar-refractivity contribution < 1.29 is 23.1 Å². The zero-order valence-electron chi connectivity index (χ0n) is 21.0. The molecular weight excluding hydrogens is 462 g/mol. The Kier molecular flexibility index (Phi) is 9.00. The Bertz CT molecular complexity index is 1130. The second-order valence-electron chi connectivity index (χ2n) is 9.43. The third kappa shape index (κ3) is 6.45. The van der Waals surface area contributed by atoms with Gasteiger partial charge in [0.1, 0.15) is 5.75 Å². The number of rotatable bonds is 11. The molecule has 0 unspecified atom stereocenters. The predicted octanol–water partition coefficient (Wildman–Crippen LogP) is 6.52. The first-order valence-electron chi connectivity index (χ1n) is 12.5. The molecule has 35 heavy (non-hydrogen) atoms. The number of unbranched alkanes of at least 4 members (excludes halogenated alkanes) is 2. The van der Waals surface area contributed by atoms with Gasteiger partial charge in [-0.05, 0) is 43.0 Å². The Balaban J connectivity index is 2.22. The molecule has 2 aromatic carbocycles. The first kappa shape index (κ1) is 26.8. The van der Waals surface area contributed by atoms with Gasteiger partial charge < -0.3 is 14.7 Å². The summed E-state index contributed by atoms with van der Waals surface area (Å²) in [7, 11) is -3.64. The minimum absolute atomic E-state index is 0.0895. The minimum atomic E-state index is -3.64. The number of hydrogen-bond donors (Lipinski definition) is 1. The van der Waals surface area contributed by atoms with Crippen molar-refractivity contribution in [1.29, 1.82) is 0 Å². The number of carboxylic acids is 1. The van der Waals surface area contributed by atoms with E-state index in [0.29, 0.717) is 24.4 Å². The molecule has 6 nitrogen and oxygen atoms in total. The minimum Gasteiger partial charge on any atom is -0.478 e. The van der Waals surface area contributed by atoms with Gasteiger partial charge in [-0.25, -0.2) is 13.2 Å². The highest BCUT2D eigenvalue weighted by molar-refractivity contribution is 7.91. The fraction of sp³-hybridized carbons (Fsp3) is 0.464. The van der Waals surface area contributed by atoms with Crippen LogP contribution in [0.25, 0.3) is 0 Å². The highest BCUT2D eigenvalue weighted by atomic mass is 32.2. The molecule has 1 aliphatic heterocycles. The summed E-state index contributed by atoms with van der Waals surface area (Å²) in [5.41, 5.74) is 2.09. The van der Waals surface area contributed by atoms with Gasteiger partial charge >= 0.3 is 5.97 Å². The van der Waals surface area contributed by atoms with Crippen molar-refractivity contribution in [3.63, 3.8) is 0 Å². The number of benzene rings is 2. The zero-order chi connectivity index (χ0) is 25.5. The highest BCUT2D eigenvalue weighted by Crippen LogP contribution is 2.46. The Morgan fingerprint density at radius 3 is 2.31 bits per heavy atom. The molecule has 0 saturated heterocycles. The molecule has 1 aliphatic rings. The van der Waals surface area contributed by atoms with E-state index in [1.807, 2.05) is 43.3 Å². The lowest BCUT2D eigenvalue weighted by Gasteiger charge is -2.37. The third-order valence-electron chi connectivity index (χ3n) is 6.73. The lowest BCUT2D eigenvalue weighted by molar-refractivity contribution is -0.131. The van der Waals surface area contributed by atoms with E-state index in [2.05, 4.69) is 18.7 Å². The van der Waals surface area contributed by atoms with Crippen molar-refractivity contribution in [3.8, 4) is 5.75 Å². The molecule has 3 rings (SSSR count). The normalized spacial score (nSPS) is 16.6. The van der Waals surface area contributed by atoms with Crippen LogP contribution < -0.4 is 9.64 Å². The topological polar surface area (TPSA) is 83.9 Å². The molecule has 0 bridgehead atoms. The average Bonchev–Trinajstić information content (AvgIpc) is 2.93. The monoisotopic (exact) mass is 499 g/mol. The second kappa shape index (κ2) is 11.8. The first-order valence-corrected chi connectivity index (χ1v) is 14.2. The quantitative estimate of drug-likeness (QED) is 0.280. The van der Waals surface area contributed by atoms with Gasteiger partial charge in [0.05, 0.1) is 28.7 Å². The molecule has 0 radical (unpaired) electrons. The number of aryl methyl sites for hydroxylation is 1. The molecule has 7 heteroatoms. The number of fused-ring (bicyclic) bond motifs is 1. The standard InChI is InChI=1S/C28H37NO5S/c1-4-7-15-28(16-8-5-2)20-29(23-12-10-9-11-13-23)24-18-22(6-3)25(34-17-14-27(30)31)19-26(24)35(32,33)21-28/h9-14,17-19H,4-8,15-16,20-21H2,1-3H3,(H,30,31)/b17-14-. The lowest BCUT2D eigenvalue weighted by atomic mass is 9.79. The maximum absolute atomic E-state index is 14.0. The Morgan fingerprint density at radius 2 is 1.74 bits per heavy atom. The van der Waals surface area contributed by atoms with Gasteiger partial charge in [-0.15, -0.1) is 0 Å². The molecule has 1 heterocycles. The molecule has 1 N–H and O–H groups in total. The van der Waals surface area contributed by atoms with Crippen LogP contribution in [-0.2, 0) is 21.1 Å². The van der Waals surface area contributed by atoms with Gasteiger partial charge in [0, 0.05) is 23.7 Å².